The zero-order valence-electron chi connectivity index (χ0n) is 7.06. The van der Waals surface area contributed by atoms with Crippen LogP contribution in [0.4, 0.5) is 8.78 Å². The molecule has 2 unspecified atom stereocenters. The van der Waals surface area contributed by atoms with E-state index in [0.29, 0.717) is 0 Å². The van der Waals surface area contributed by atoms with Gasteiger partial charge in [-0.3, -0.25) is 0 Å². The highest BCUT2D eigenvalue weighted by Crippen LogP contribution is 2.27. The third-order valence-corrected chi connectivity index (χ3v) is 2.57. The lowest BCUT2D eigenvalue weighted by Crippen LogP contribution is -2.22. The van der Waals surface area contributed by atoms with Crippen molar-refractivity contribution >= 4 is 0 Å². The SMILES string of the molecule is CC(C(F)F)C1CCN(C)C1. The molecule has 3 heteroatoms. The summed E-state index contributed by atoms with van der Waals surface area (Å²) in [6, 6.07) is 0. The first-order valence-electron chi connectivity index (χ1n) is 4.08. The number of rotatable bonds is 2. The molecule has 0 saturated carbocycles. The Morgan fingerprint density at radius 1 is 1.45 bits per heavy atom. The second-order valence-electron chi connectivity index (χ2n) is 3.50. The van der Waals surface area contributed by atoms with Gasteiger partial charge < -0.3 is 4.90 Å². The van der Waals surface area contributed by atoms with Crippen molar-refractivity contribution in [3.05, 3.63) is 0 Å². The minimum absolute atomic E-state index is 0.208. The molecule has 0 N–H and O–H groups in total. The average Bonchev–Trinajstić information content (AvgIpc) is 2.34. The van der Waals surface area contributed by atoms with Crippen LogP contribution in [-0.4, -0.2) is 31.5 Å². The summed E-state index contributed by atoms with van der Waals surface area (Å²) in [5.74, 6) is -0.222. The first kappa shape index (κ1) is 8.91. The topological polar surface area (TPSA) is 3.24 Å². The maximum absolute atomic E-state index is 12.2. The zero-order valence-corrected chi connectivity index (χ0v) is 7.06. The van der Waals surface area contributed by atoms with Gasteiger partial charge >= 0.3 is 0 Å². The van der Waals surface area contributed by atoms with Gasteiger partial charge in [-0.25, -0.2) is 8.78 Å². The van der Waals surface area contributed by atoms with E-state index in [1.807, 2.05) is 7.05 Å². The first-order chi connectivity index (χ1) is 5.11. The molecule has 2 atom stereocenters. The fourth-order valence-electron chi connectivity index (χ4n) is 1.60. The van der Waals surface area contributed by atoms with Gasteiger partial charge in [0.25, 0.3) is 0 Å². The van der Waals surface area contributed by atoms with Gasteiger partial charge in [-0.1, -0.05) is 6.92 Å². The van der Waals surface area contributed by atoms with E-state index in [4.69, 9.17) is 0 Å². The minimum Gasteiger partial charge on any atom is -0.306 e. The van der Waals surface area contributed by atoms with Crippen LogP contribution in [0.1, 0.15) is 13.3 Å². The summed E-state index contributed by atoms with van der Waals surface area (Å²) >= 11 is 0. The molecule has 1 nitrogen and oxygen atoms in total. The lowest BCUT2D eigenvalue weighted by atomic mass is 9.94. The molecule has 1 heterocycles. The lowest BCUT2D eigenvalue weighted by molar-refractivity contribution is 0.0561. The van der Waals surface area contributed by atoms with Crippen molar-refractivity contribution in [2.24, 2.45) is 11.8 Å². The molecule has 0 aromatic heterocycles. The van der Waals surface area contributed by atoms with Crippen molar-refractivity contribution in [3.8, 4) is 0 Å². The van der Waals surface area contributed by atoms with E-state index in [2.05, 4.69) is 4.90 Å². The van der Waals surface area contributed by atoms with E-state index in [1.165, 1.54) is 0 Å². The molecule has 0 bridgehead atoms. The Labute approximate surface area is 66.4 Å². The quantitative estimate of drug-likeness (QED) is 0.600. The Hall–Kier alpha value is -0.180. The summed E-state index contributed by atoms with van der Waals surface area (Å²) in [4.78, 5) is 2.11. The number of hydrogen-bond donors (Lipinski definition) is 0. The van der Waals surface area contributed by atoms with Gasteiger partial charge in [0, 0.05) is 12.5 Å². The van der Waals surface area contributed by atoms with E-state index >= 15 is 0 Å². The number of halogens is 2. The predicted octanol–water partition coefficient (Wildman–Crippen LogP) is 1.84. The lowest BCUT2D eigenvalue weighted by Gasteiger charge is -2.17. The molecule has 0 radical (unpaired) electrons. The Balaban J connectivity index is 2.36. The highest BCUT2D eigenvalue weighted by Gasteiger charge is 2.29. The van der Waals surface area contributed by atoms with Gasteiger partial charge in [-0.15, -0.1) is 0 Å². The minimum atomic E-state index is -2.15. The fraction of sp³-hybridized carbons (Fsp3) is 1.00. The molecule has 0 amide bonds. The van der Waals surface area contributed by atoms with Crippen molar-refractivity contribution < 1.29 is 8.78 Å². The second-order valence-corrected chi connectivity index (χ2v) is 3.50. The van der Waals surface area contributed by atoms with Crippen LogP contribution in [0.25, 0.3) is 0 Å². The van der Waals surface area contributed by atoms with Crippen LogP contribution in [0.15, 0.2) is 0 Å². The smallest absolute Gasteiger partial charge is 0.241 e. The monoisotopic (exact) mass is 163 g/mol. The molecular formula is C8H15F2N. The van der Waals surface area contributed by atoms with Crippen LogP contribution in [0, 0.1) is 11.8 Å². The number of alkyl halides is 2. The van der Waals surface area contributed by atoms with Gasteiger partial charge in [-0.2, -0.15) is 0 Å². The summed E-state index contributed by atoms with van der Waals surface area (Å²) < 4.78 is 24.4. The van der Waals surface area contributed by atoms with Crippen LogP contribution in [0.2, 0.25) is 0 Å². The number of hydrogen-bond acceptors (Lipinski definition) is 1. The third kappa shape index (κ3) is 2.12. The third-order valence-electron chi connectivity index (χ3n) is 2.57. The molecule has 1 aliphatic rings. The van der Waals surface area contributed by atoms with E-state index in [-0.39, 0.29) is 5.92 Å². The van der Waals surface area contributed by atoms with Crippen LogP contribution in [0.5, 0.6) is 0 Å². The summed E-state index contributed by atoms with van der Waals surface area (Å²) in [6.45, 7) is 3.46. The van der Waals surface area contributed by atoms with Crippen LogP contribution < -0.4 is 0 Å². The van der Waals surface area contributed by atoms with Crippen molar-refractivity contribution in [1.82, 2.24) is 4.90 Å². The van der Waals surface area contributed by atoms with Gasteiger partial charge in [0.15, 0.2) is 0 Å². The molecule has 1 saturated heterocycles. The van der Waals surface area contributed by atoms with Gasteiger partial charge in [0.2, 0.25) is 6.43 Å². The van der Waals surface area contributed by atoms with Crippen LogP contribution in [0.3, 0.4) is 0 Å². The molecule has 0 aromatic rings. The van der Waals surface area contributed by atoms with Crippen molar-refractivity contribution in [2.45, 2.75) is 19.8 Å². The standard InChI is InChI=1S/C8H15F2N/c1-6(8(9)10)7-3-4-11(2)5-7/h6-8H,3-5H2,1-2H3. The van der Waals surface area contributed by atoms with Gasteiger partial charge in [0.1, 0.15) is 0 Å². The highest BCUT2D eigenvalue weighted by molar-refractivity contribution is 4.78. The van der Waals surface area contributed by atoms with Crippen LogP contribution >= 0.6 is 0 Å². The predicted molar refractivity (Wildman–Crippen MR) is 40.8 cm³/mol. The molecule has 0 spiro atoms. The van der Waals surface area contributed by atoms with E-state index in [9.17, 15) is 8.78 Å². The Kier molecular flexibility index (Phi) is 2.82. The maximum Gasteiger partial charge on any atom is 0.241 e. The molecule has 11 heavy (non-hydrogen) atoms. The molecule has 66 valence electrons. The fourth-order valence-corrected chi connectivity index (χ4v) is 1.60. The number of nitrogens with zero attached hydrogens (tertiary/aromatic N) is 1. The molecule has 1 fully saturated rings. The second kappa shape index (κ2) is 3.48. The van der Waals surface area contributed by atoms with Crippen LogP contribution in [-0.2, 0) is 0 Å². The first-order valence-corrected chi connectivity index (χ1v) is 4.08. The van der Waals surface area contributed by atoms with E-state index in [1.54, 1.807) is 6.92 Å². The maximum atomic E-state index is 12.2. The van der Waals surface area contributed by atoms with Gasteiger partial charge in [0.05, 0.1) is 0 Å². The summed E-state index contributed by atoms with van der Waals surface area (Å²) in [7, 11) is 1.98. The summed E-state index contributed by atoms with van der Waals surface area (Å²) in [6.07, 6.45) is -1.21. The normalized spacial score (nSPS) is 29.7. The highest BCUT2D eigenvalue weighted by atomic mass is 19.3. The molecule has 0 aliphatic carbocycles. The van der Waals surface area contributed by atoms with Crippen molar-refractivity contribution in [1.29, 1.82) is 0 Å². The van der Waals surface area contributed by atoms with Crippen molar-refractivity contribution in [2.75, 3.05) is 20.1 Å². The molecule has 0 aromatic carbocycles. The summed E-state index contributed by atoms with van der Waals surface area (Å²) in [5, 5.41) is 0. The largest absolute Gasteiger partial charge is 0.306 e. The van der Waals surface area contributed by atoms with Crippen molar-refractivity contribution in [3.63, 3.8) is 0 Å². The molecule has 1 rings (SSSR count). The summed E-state index contributed by atoms with van der Waals surface area (Å²) in [5.41, 5.74) is 0. The number of likely N-dealkylation sites (tertiary alicyclic amines) is 1. The molecule has 1 aliphatic heterocycles. The Morgan fingerprint density at radius 2 is 2.09 bits per heavy atom. The average molecular weight is 163 g/mol. The van der Waals surface area contributed by atoms with E-state index < -0.39 is 12.3 Å². The Bertz CT molecular complexity index is 127. The molecular weight excluding hydrogens is 148 g/mol. The zero-order chi connectivity index (χ0) is 8.43. The van der Waals surface area contributed by atoms with Gasteiger partial charge in [-0.05, 0) is 25.9 Å². The Morgan fingerprint density at radius 3 is 2.45 bits per heavy atom. The van der Waals surface area contributed by atoms with E-state index in [0.717, 1.165) is 19.5 Å².